The Morgan fingerprint density at radius 2 is 1.62 bits per heavy atom. The van der Waals surface area contributed by atoms with Gasteiger partial charge in [-0.15, -0.1) is 0 Å². The zero-order chi connectivity index (χ0) is 12.2. The van der Waals surface area contributed by atoms with Crippen LogP contribution in [0.5, 0.6) is 0 Å². The van der Waals surface area contributed by atoms with Gasteiger partial charge in [0.15, 0.2) is 0 Å². The van der Waals surface area contributed by atoms with Gasteiger partial charge in [0.1, 0.15) is 0 Å². The summed E-state index contributed by atoms with van der Waals surface area (Å²) < 4.78 is 37.5. The van der Waals surface area contributed by atoms with Crippen LogP contribution in [0.1, 0.15) is 58.8 Å². The Bertz CT molecular complexity index is 190. The summed E-state index contributed by atoms with van der Waals surface area (Å²) in [5.74, 6) is 0.172. The fourth-order valence-corrected chi connectivity index (χ4v) is 3.06. The Labute approximate surface area is 96.6 Å². The van der Waals surface area contributed by atoms with Gasteiger partial charge in [-0.3, -0.25) is 0 Å². The highest BCUT2D eigenvalue weighted by molar-refractivity contribution is 4.80. The molecule has 1 aliphatic rings. The van der Waals surface area contributed by atoms with Gasteiger partial charge < -0.3 is 0 Å². The predicted octanol–water partition coefficient (Wildman–Crippen LogP) is 5.18. The van der Waals surface area contributed by atoms with E-state index in [0.29, 0.717) is 24.7 Å². The lowest BCUT2D eigenvalue weighted by atomic mass is 9.73. The Morgan fingerprint density at radius 1 is 1.06 bits per heavy atom. The van der Waals surface area contributed by atoms with E-state index in [-0.39, 0.29) is 0 Å². The van der Waals surface area contributed by atoms with Crippen LogP contribution in [0, 0.1) is 17.8 Å². The maximum Gasteiger partial charge on any atom is 0.391 e. The van der Waals surface area contributed by atoms with E-state index in [9.17, 15) is 13.2 Å². The number of alkyl halides is 3. The predicted molar refractivity (Wildman–Crippen MR) is 60.2 cm³/mol. The van der Waals surface area contributed by atoms with E-state index in [2.05, 4.69) is 13.8 Å². The lowest BCUT2D eigenvalue weighted by molar-refractivity contribution is -0.184. The summed E-state index contributed by atoms with van der Waals surface area (Å²) in [7, 11) is 0. The van der Waals surface area contributed by atoms with Crippen LogP contribution in [0.3, 0.4) is 0 Å². The maximum absolute atomic E-state index is 12.5. The summed E-state index contributed by atoms with van der Waals surface area (Å²) in [5.41, 5.74) is 0. The molecule has 0 saturated heterocycles. The van der Waals surface area contributed by atoms with Crippen molar-refractivity contribution < 1.29 is 13.2 Å². The fraction of sp³-hybridized carbons (Fsp3) is 1.00. The molecular weight excluding hydrogens is 213 g/mol. The van der Waals surface area contributed by atoms with Crippen molar-refractivity contribution in [2.45, 2.75) is 65.0 Å². The Balaban J connectivity index is 2.41. The number of hydrogen-bond acceptors (Lipinski definition) is 0. The molecule has 0 aromatic rings. The standard InChI is InChI=1S/C13H23F3/c1-3-5-10(4-2)11-6-8-12(9-7-11)13(14,15)16/h10-12H,3-9H2,1-2H3. The lowest BCUT2D eigenvalue weighted by Crippen LogP contribution is -2.30. The van der Waals surface area contributed by atoms with E-state index < -0.39 is 12.1 Å². The van der Waals surface area contributed by atoms with Crippen LogP contribution in [0.15, 0.2) is 0 Å². The fourth-order valence-electron chi connectivity index (χ4n) is 3.06. The molecule has 1 aliphatic carbocycles. The maximum atomic E-state index is 12.5. The third-order valence-corrected chi connectivity index (χ3v) is 4.09. The molecule has 1 unspecified atom stereocenters. The van der Waals surface area contributed by atoms with Crippen molar-refractivity contribution in [3.63, 3.8) is 0 Å². The molecule has 0 nitrogen and oxygen atoms in total. The quantitative estimate of drug-likeness (QED) is 0.630. The molecule has 96 valence electrons. The van der Waals surface area contributed by atoms with Crippen LogP contribution in [-0.2, 0) is 0 Å². The monoisotopic (exact) mass is 236 g/mol. The van der Waals surface area contributed by atoms with Crippen LogP contribution in [0.25, 0.3) is 0 Å². The molecule has 0 aliphatic heterocycles. The number of rotatable bonds is 4. The molecule has 0 N–H and O–H groups in total. The third kappa shape index (κ3) is 3.67. The van der Waals surface area contributed by atoms with E-state index >= 15 is 0 Å². The molecule has 1 fully saturated rings. The molecule has 16 heavy (non-hydrogen) atoms. The molecular formula is C13H23F3. The van der Waals surface area contributed by atoms with Crippen molar-refractivity contribution in [3.8, 4) is 0 Å². The van der Waals surface area contributed by atoms with E-state index in [1.54, 1.807) is 0 Å². The molecule has 1 atom stereocenters. The first kappa shape index (κ1) is 13.9. The van der Waals surface area contributed by atoms with E-state index in [0.717, 1.165) is 25.7 Å². The van der Waals surface area contributed by atoms with Crippen LogP contribution < -0.4 is 0 Å². The van der Waals surface area contributed by atoms with Gasteiger partial charge >= 0.3 is 6.18 Å². The molecule has 0 spiro atoms. The van der Waals surface area contributed by atoms with Gasteiger partial charge in [-0.1, -0.05) is 33.1 Å². The minimum atomic E-state index is -3.96. The van der Waals surface area contributed by atoms with Crippen molar-refractivity contribution in [2.24, 2.45) is 17.8 Å². The normalized spacial score (nSPS) is 29.1. The van der Waals surface area contributed by atoms with Crippen molar-refractivity contribution >= 4 is 0 Å². The Kier molecular flexibility index (Phi) is 5.13. The van der Waals surface area contributed by atoms with Gasteiger partial charge in [-0.25, -0.2) is 0 Å². The summed E-state index contributed by atoms with van der Waals surface area (Å²) in [5, 5.41) is 0. The largest absolute Gasteiger partial charge is 0.391 e. The second kappa shape index (κ2) is 5.92. The first-order chi connectivity index (χ1) is 7.49. The van der Waals surface area contributed by atoms with Crippen molar-refractivity contribution in [2.75, 3.05) is 0 Å². The molecule has 0 aromatic heterocycles. The zero-order valence-electron chi connectivity index (χ0n) is 10.3. The van der Waals surface area contributed by atoms with E-state index in [1.165, 1.54) is 6.42 Å². The Hall–Kier alpha value is -0.210. The first-order valence-corrected chi connectivity index (χ1v) is 6.55. The van der Waals surface area contributed by atoms with Gasteiger partial charge in [-0.2, -0.15) is 13.2 Å². The van der Waals surface area contributed by atoms with Gasteiger partial charge in [0.05, 0.1) is 5.92 Å². The minimum Gasteiger partial charge on any atom is -0.171 e. The Morgan fingerprint density at radius 3 is 2.00 bits per heavy atom. The molecule has 0 bridgehead atoms. The highest BCUT2D eigenvalue weighted by atomic mass is 19.4. The van der Waals surface area contributed by atoms with Gasteiger partial charge in [-0.05, 0) is 37.5 Å². The zero-order valence-corrected chi connectivity index (χ0v) is 10.3. The first-order valence-electron chi connectivity index (χ1n) is 6.55. The minimum absolute atomic E-state index is 0.356. The van der Waals surface area contributed by atoms with Crippen molar-refractivity contribution in [1.29, 1.82) is 0 Å². The van der Waals surface area contributed by atoms with Crippen molar-refractivity contribution in [1.82, 2.24) is 0 Å². The molecule has 0 heterocycles. The van der Waals surface area contributed by atoms with E-state index in [4.69, 9.17) is 0 Å². The van der Waals surface area contributed by atoms with E-state index in [1.807, 2.05) is 0 Å². The lowest BCUT2D eigenvalue weighted by Gasteiger charge is -2.34. The molecule has 0 aromatic carbocycles. The van der Waals surface area contributed by atoms with Crippen molar-refractivity contribution in [3.05, 3.63) is 0 Å². The molecule has 1 rings (SSSR count). The highest BCUT2D eigenvalue weighted by Gasteiger charge is 2.42. The SMILES string of the molecule is CCCC(CC)C1CCC(C(F)(F)F)CC1. The van der Waals surface area contributed by atoms with Gasteiger partial charge in [0, 0.05) is 0 Å². The third-order valence-electron chi connectivity index (χ3n) is 4.09. The van der Waals surface area contributed by atoms with Crippen LogP contribution >= 0.6 is 0 Å². The average Bonchev–Trinajstić information content (AvgIpc) is 2.25. The smallest absolute Gasteiger partial charge is 0.171 e. The molecule has 0 amide bonds. The summed E-state index contributed by atoms with van der Waals surface area (Å²) >= 11 is 0. The highest BCUT2D eigenvalue weighted by Crippen LogP contribution is 2.42. The second-order valence-electron chi connectivity index (χ2n) is 5.11. The molecule has 1 saturated carbocycles. The topological polar surface area (TPSA) is 0 Å². The molecule has 3 heteroatoms. The summed E-state index contributed by atoms with van der Waals surface area (Å²) in [6, 6.07) is 0. The number of halogens is 3. The number of hydrogen-bond donors (Lipinski definition) is 0. The van der Waals surface area contributed by atoms with Crippen LogP contribution in [0.4, 0.5) is 13.2 Å². The van der Waals surface area contributed by atoms with Gasteiger partial charge in [0.25, 0.3) is 0 Å². The van der Waals surface area contributed by atoms with Crippen LogP contribution in [0.2, 0.25) is 0 Å². The second-order valence-corrected chi connectivity index (χ2v) is 5.11. The summed E-state index contributed by atoms with van der Waals surface area (Å²) in [4.78, 5) is 0. The summed E-state index contributed by atoms with van der Waals surface area (Å²) in [6.45, 7) is 4.32. The van der Waals surface area contributed by atoms with Crippen LogP contribution in [-0.4, -0.2) is 6.18 Å². The average molecular weight is 236 g/mol. The van der Waals surface area contributed by atoms with Gasteiger partial charge in [0.2, 0.25) is 0 Å². The summed E-state index contributed by atoms with van der Waals surface area (Å²) in [6.07, 6.45) is 1.76. The molecule has 0 radical (unpaired) electrons.